The van der Waals surface area contributed by atoms with Gasteiger partial charge >= 0.3 is 13.1 Å². The Morgan fingerprint density at radius 2 is 1.96 bits per heavy atom. The van der Waals surface area contributed by atoms with Crippen molar-refractivity contribution in [2.75, 3.05) is 11.9 Å². The maximum atomic E-state index is 15.6. The number of rotatable bonds is 11. The summed E-state index contributed by atoms with van der Waals surface area (Å²) >= 11 is 0.886. The number of halogens is 5. The SMILES string of the molecule is Cc1cc(C)n2c1CC1C=CC(CCC(=O)NCCCCCn3sc(Nc4ccccc4C(F)(F)F)c(C#N)c3=O)=[N+]1[B-]2(F)F. The highest BCUT2D eigenvalue weighted by molar-refractivity contribution is 7.11. The number of carbonyl (C=O) groups is 1. The third-order valence-electron chi connectivity index (χ3n) is 8.23. The number of nitrogens with zero attached hydrogens (tertiary/aromatic N) is 4. The monoisotopic (exact) mass is 646 g/mol. The molecule has 15 heteroatoms. The Morgan fingerprint density at radius 3 is 2.69 bits per heavy atom. The van der Waals surface area contributed by atoms with E-state index >= 15 is 8.63 Å². The van der Waals surface area contributed by atoms with Gasteiger partial charge in [-0.25, -0.2) is 0 Å². The van der Waals surface area contributed by atoms with Crippen LogP contribution in [0.15, 0.2) is 47.3 Å². The van der Waals surface area contributed by atoms with Gasteiger partial charge in [0.15, 0.2) is 5.56 Å². The van der Waals surface area contributed by atoms with Crippen LogP contribution >= 0.6 is 11.5 Å². The molecule has 0 saturated heterocycles. The number of alkyl halides is 3. The predicted molar refractivity (Wildman–Crippen MR) is 163 cm³/mol. The van der Waals surface area contributed by atoms with E-state index < -0.39 is 30.3 Å². The minimum Gasteiger partial charge on any atom is -0.398 e. The van der Waals surface area contributed by atoms with E-state index in [9.17, 15) is 28.0 Å². The van der Waals surface area contributed by atoms with E-state index in [4.69, 9.17) is 0 Å². The van der Waals surface area contributed by atoms with E-state index in [-0.39, 0.29) is 41.5 Å². The molecule has 2 aliphatic rings. The molecule has 2 aromatic heterocycles. The van der Waals surface area contributed by atoms with Crippen molar-refractivity contribution >= 4 is 40.8 Å². The first-order valence-corrected chi connectivity index (χ1v) is 15.5. The van der Waals surface area contributed by atoms with Gasteiger partial charge in [-0.05, 0) is 85.9 Å². The lowest BCUT2D eigenvalue weighted by molar-refractivity contribution is -0.457. The maximum absolute atomic E-state index is 15.6. The van der Waals surface area contributed by atoms with Crippen LogP contribution in [0.25, 0.3) is 0 Å². The normalized spacial score (nSPS) is 16.8. The number of anilines is 2. The summed E-state index contributed by atoms with van der Waals surface area (Å²) in [6.07, 6.45) is 1.40. The Hall–Kier alpha value is -4.19. The third kappa shape index (κ3) is 6.47. The lowest BCUT2D eigenvalue weighted by Crippen LogP contribution is -2.57. The number of carbonyl (C=O) groups excluding carboxylic acids is 1. The molecule has 0 aliphatic carbocycles. The minimum atomic E-state index is -4.61. The van der Waals surface area contributed by atoms with E-state index in [1.807, 2.05) is 6.92 Å². The molecule has 4 heterocycles. The fourth-order valence-corrected chi connectivity index (χ4v) is 7.13. The topological polar surface area (TPSA) is 94.9 Å². The number of nitriles is 1. The third-order valence-corrected chi connectivity index (χ3v) is 9.29. The highest BCUT2D eigenvalue weighted by atomic mass is 32.1. The summed E-state index contributed by atoms with van der Waals surface area (Å²) in [5, 5.41) is 14.9. The van der Waals surface area contributed by atoms with Gasteiger partial charge in [-0.1, -0.05) is 12.1 Å². The number of aromatic nitrogens is 2. The molecule has 5 rings (SSSR count). The summed E-state index contributed by atoms with van der Waals surface area (Å²) in [7, 11) is 0. The van der Waals surface area contributed by atoms with Crippen LogP contribution in [0.1, 0.15) is 60.2 Å². The molecule has 3 aromatic rings. The van der Waals surface area contributed by atoms with E-state index in [1.165, 1.54) is 26.6 Å². The summed E-state index contributed by atoms with van der Waals surface area (Å²) < 4.78 is 74.9. The first-order valence-electron chi connectivity index (χ1n) is 14.7. The lowest BCUT2D eigenvalue weighted by Gasteiger charge is -2.35. The molecule has 1 aromatic carbocycles. The molecule has 2 N–H and O–H groups in total. The van der Waals surface area contributed by atoms with Crippen LogP contribution in [0.4, 0.5) is 32.5 Å². The van der Waals surface area contributed by atoms with E-state index in [2.05, 4.69) is 10.6 Å². The number of unbranched alkanes of at least 4 members (excludes halogenated alkanes) is 2. The van der Waals surface area contributed by atoms with Gasteiger partial charge in [0.05, 0.1) is 11.3 Å². The van der Waals surface area contributed by atoms with Crippen LogP contribution in [-0.4, -0.2) is 44.1 Å². The Labute approximate surface area is 260 Å². The predicted octanol–water partition coefficient (Wildman–Crippen LogP) is 5.90. The molecular formula is C30H32BF5N6O2S. The highest BCUT2D eigenvalue weighted by Crippen LogP contribution is 2.37. The molecule has 45 heavy (non-hydrogen) atoms. The molecule has 238 valence electrons. The van der Waals surface area contributed by atoms with Crippen molar-refractivity contribution in [1.82, 2.24) is 13.8 Å². The smallest absolute Gasteiger partial charge is 0.398 e. The molecule has 2 aliphatic heterocycles. The van der Waals surface area contributed by atoms with Gasteiger partial charge in [0.25, 0.3) is 5.56 Å². The van der Waals surface area contributed by atoms with Crippen molar-refractivity contribution in [2.24, 2.45) is 0 Å². The Kier molecular flexibility index (Phi) is 9.07. The molecule has 8 nitrogen and oxygen atoms in total. The van der Waals surface area contributed by atoms with E-state index in [0.29, 0.717) is 49.3 Å². The average molecular weight is 646 g/mol. The first-order chi connectivity index (χ1) is 21.3. The molecular weight excluding hydrogens is 614 g/mol. The van der Waals surface area contributed by atoms with Gasteiger partial charge in [0.1, 0.15) is 22.8 Å². The number of hydrogen-bond donors (Lipinski definition) is 2. The minimum absolute atomic E-state index is 0.0373. The van der Waals surface area contributed by atoms with E-state index in [1.54, 1.807) is 31.2 Å². The van der Waals surface area contributed by atoms with Crippen molar-refractivity contribution in [2.45, 2.75) is 71.1 Å². The van der Waals surface area contributed by atoms with Crippen molar-refractivity contribution in [3.63, 3.8) is 0 Å². The van der Waals surface area contributed by atoms with Crippen molar-refractivity contribution in [3.8, 4) is 6.07 Å². The van der Waals surface area contributed by atoms with Gasteiger partial charge < -0.3 is 28.2 Å². The molecule has 0 bridgehead atoms. The van der Waals surface area contributed by atoms with Crippen LogP contribution in [-0.2, 0) is 23.9 Å². The largest absolute Gasteiger partial charge is 0.732 e. The zero-order valence-corrected chi connectivity index (χ0v) is 25.6. The quantitative estimate of drug-likeness (QED) is 0.154. The van der Waals surface area contributed by atoms with Crippen LogP contribution in [0, 0.1) is 25.2 Å². The molecule has 0 radical (unpaired) electrons. The van der Waals surface area contributed by atoms with Gasteiger partial charge in [0.2, 0.25) is 5.91 Å². The standard InChI is InChI=1S/C30H32BF5N6O2S/c1-19-16-20(2)41-26(19)17-22-11-10-21(42(22)31(41,35)36)12-13-27(43)38-14-6-3-7-15-40-29(44)23(18-37)28(45-40)39-25-9-5-4-8-24(25)30(32,33)34/h4-5,8-11,16,22,39H,3,6-7,12-15,17H2,1-2H3,(H,38,43). The average Bonchev–Trinajstić information content (AvgIpc) is 3.62. The molecule has 1 atom stereocenters. The zero-order chi connectivity index (χ0) is 32.5. The van der Waals surface area contributed by atoms with Crippen LogP contribution in [0.3, 0.4) is 0 Å². The second-order valence-corrected chi connectivity index (χ2v) is 12.3. The van der Waals surface area contributed by atoms with Gasteiger partial charge in [-0.2, -0.15) is 18.4 Å². The Balaban J connectivity index is 1.09. The van der Waals surface area contributed by atoms with Crippen LogP contribution in [0.5, 0.6) is 0 Å². The van der Waals surface area contributed by atoms with Crippen molar-refractivity contribution in [3.05, 3.63) is 80.9 Å². The maximum Gasteiger partial charge on any atom is 0.732 e. The molecule has 0 spiro atoms. The highest BCUT2D eigenvalue weighted by Gasteiger charge is 2.54. The molecule has 0 saturated carbocycles. The Bertz CT molecular complexity index is 1780. The van der Waals surface area contributed by atoms with Crippen LogP contribution < -0.4 is 16.2 Å². The second-order valence-electron chi connectivity index (χ2n) is 11.3. The zero-order valence-electron chi connectivity index (χ0n) is 24.8. The number of hydrogen-bond acceptors (Lipinski definition) is 5. The molecule has 1 amide bonds. The van der Waals surface area contributed by atoms with Gasteiger partial charge in [0, 0.05) is 38.4 Å². The summed E-state index contributed by atoms with van der Waals surface area (Å²) in [5.41, 5.74) is 0.488. The number of aryl methyl sites for hydroxylation is 3. The molecule has 0 fully saturated rings. The van der Waals surface area contributed by atoms with E-state index in [0.717, 1.165) is 27.6 Å². The summed E-state index contributed by atoms with van der Waals surface area (Å²) in [6, 6.07) is 7.96. The van der Waals surface area contributed by atoms with Crippen molar-refractivity contribution in [1.29, 1.82) is 5.26 Å². The number of allylic oxidation sites excluding steroid dienone is 1. The van der Waals surface area contributed by atoms with Crippen LogP contribution in [0.2, 0.25) is 0 Å². The number of amides is 1. The fourth-order valence-electron chi connectivity index (χ4n) is 6.13. The fraction of sp³-hybridized carbons (Fsp3) is 0.400. The van der Waals surface area contributed by atoms with Gasteiger partial charge in [-0.3, -0.25) is 13.5 Å². The Morgan fingerprint density at radius 1 is 1.20 bits per heavy atom. The lowest BCUT2D eigenvalue weighted by atomic mass is 9.86. The number of benzene rings is 1. The number of fused-ring (bicyclic) bond motifs is 2. The second kappa shape index (κ2) is 12.7. The summed E-state index contributed by atoms with van der Waals surface area (Å²) in [4.78, 5) is 25.1. The summed E-state index contributed by atoms with van der Waals surface area (Å²) in [5.74, 6) is -0.246. The first kappa shape index (κ1) is 32.2. The number of para-hydroxylation sites is 1. The summed E-state index contributed by atoms with van der Waals surface area (Å²) in [6.45, 7) is 0.139. The van der Waals surface area contributed by atoms with Gasteiger partial charge in [-0.15, -0.1) is 0 Å². The number of nitrogens with one attached hydrogen (secondary N) is 2. The molecule has 1 unspecified atom stereocenters. The van der Waals surface area contributed by atoms with Crippen molar-refractivity contribution < 1.29 is 31.1 Å².